The third-order valence-corrected chi connectivity index (χ3v) is 2.52. The number of hydrogen-bond acceptors (Lipinski definition) is 2. The number of hydrogen-bond donors (Lipinski definition) is 1. The van der Waals surface area contributed by atoms with Crippen LogP contribution in [0, 0.1) is 0 Å². The van der Waals surface area contributed by atoms with Crippen molar-refractivity contribution >= 4 is 27.7 Å². The van der Waals surface area contributed by atoms with E-state index in [4.69, 9.17) is 0 Å². The molecule has 2 amide bonds. The topological polar surface area (TPSA) is 49.4 Å². The summed E-state index contributed by atoms with van der Waals surface area (Å²) in [6, 6.07) is -0.322. The fourth-order valence-corrected chi connectivity index (χ4v) is 1.38. The Morgan fingerprint density at radius 3 is 2.77 bits per heavy atom. The van der Waals surface area contributed by atoms with Crippen molar-refractivity contribution in [3.63, 3.8) is 0 Å². The molecular weight excluding hydrogens is 236 g/mol. The summed E-state index contributed by atoms with van der Waals surface area (Å²) < 4.78 is 0. The molecule has 74 valence electrons. The Kier molecular flexibility index (Phi) is 3.30. The SMILES string of the molecule is CC(Br)C(=O)NC1CCN(C)C1=O. The molecule has 0 aromatic heterocycles. The summed E-state index contributed by atoms with van der Waals surface area (Å²) in [4.78, 5) is 24.0. The van der Waals surface area contributed by atoms with Crippen molar-refractivity contribution in [3.8, 4) is 0 Å². The Balaban J connectivity index is 2.47. The van der Waals surface area contributed by atoms with Crippen molar-refractivity contribution in [3.05, 3.63) is 0 Å². The van der Waals surface area contributed by atoms with Gasteiger partial charge in [0.1, 0.15) is 6.04 Å². The molecular formula is C8H13BrN2O2. The summed E-state index contributed by atoms with van der Waals surface area (Å²) >= 11 is 3.15. The minimum Gasteiger partial charge on any atom is -0.344 e. The minimum atomic E-state index is -0.322. The lowest BCUT2D eigenvalue weighted by Crippen LogP contribution is -2.43. The van der Waals surface area contributed by atoms with E-state index in [0.29, 0.717) is 6.42 Å². The molecule has 5 heteroatoms. The molecule has 0 aromatic carbocycles. The van der Waals surface area contributed by atoms with Crippen molar-refractivity contribution < 1.29 is 9.59 Å². The van der Waals surface area contributed by atoms with Crippen LogP contribution in [0.4, 0.5) is 0 Å². The zero-order valence-electron chi connectivity index (χ0n) is 7.71. The molecule has 1 fully saturated rings. The number of alkyl halides is 1. The second kappa shape index (κ2) is 4.09. The van der Waals surface area contributed by atoms with Crippen LogP contribution in [-0.4, -0.2) is 41.2 Å². The largest absolute Gasteiger partial charge is 0.344 e. The lowest BCUT2D eigenvalue weighted by atomic mass is 10.2. The Bertz CT molecular complexity index is 230. The Morgan fingerprint density at radius 2 is 2.38 bits per heavy atom. The van der Waals surface area contributed by atoms with E-state index in [1.807, 2.05) is 0 Å². The van der Waals surface area contributed by atoms with Crippen molar-refractivity contribution in [1.82, 2.24) is 10.2 Å². The maximum absolute atomic E-state index is 11.4. The maximum atomic E-state index is 11.4. The second-order valence-electron chi connectivity index (χ2n) is 3.23. The highest BCUT2D eigenvalue weighted by atomic mass is 79.9. The Hall–Kier alpha value is -0.580. The van der Waals surface area contributed by atoms with Crippen LogP contribution in [0.15, 0.2) is 0 Å². The van der Waals surface area contributed by atoms with E-state index in [1.165, 1.54) is 0 Å². The van der Waals surface area contributed by atoms with Gasteiger partial charge in [-0.1, -0.05) is 15.9 Å². The maximum Gasteiger partial charge on any atom is 0.244 e. The number of carbonyl (C=O) groups is 2. The minimum absolute atomic E-state index is 0.00139. The quantitative estimate of drug-likeness (QED) is 0.706. The molecule has 1 N–H and O–H groups in total. The van der Waals surface area contributed by atoms with E-state index < -0.39 is 0 Å². The van der Waals surface area contributed by atoms with Gasteiger partial charge in [0.15, 0.2) is 0 Å². The normalized spacial score (nSPS) is 24.7. The highest BCUT2D eigenvalue weighted by molar-refractivity contribution is 9.10. The van der Waals surface area contributed by atoms with Crippen LogP contribution in [0.2, 0.25) is 0 Å². The first-order valence-corrected chi connectivity index (χ1v) is 5.13. The van der Waals surface area contributed by atoms with Gasteiger partial charge < -0.3 is 10.2 Å². The first-order valence-electron chi connectivity index (χ1n) is 4.22. The molecule has 2 unspecified atom stereocenters. The van der Waals surface area contributed by atoms with Gasteiger partial charge >= 0.3 is 0 Å². The van der Waals surface area contributed by atoms with Crippen molar-refractivity contribution in [2.75, 3.05) is 13.6 Å². The average molecular weight is 249 g/mol. The molecule has 0 bridgehead atoms. The lowest BCUT2D eigenvalue weighted by molar-refractivity contribution is -0.131. The molecule has 1 heterocycles. The van der Waals surface area contributed by atoms with Crippen LogP contribution in [0.3, 0.4) is 0 Å². The predicted octanol–water partition coefficient (Wildman–Crippen LogP) is 0.117. The number of nitrogens with one attached hydrogen (secondary N) is 1. The fraction of sp³-hybridized carbons (Fsp3) is 0.750. The molecule has 13 heavy (non-hydrogen) atoms. The zero-order chi connectivity index (χ0) is 10.0. The monoisotopic (exact) mass is 248 g/mol. The van der Waals surface area contributed by atoms with E-state index in [-0.39, 0.29) is 22.7 Å². The molecule has 0 aliphatic carbocycles. The molecule has 0 aromatic rings. The molecule has 0 spiro atoms. The van der Waals surface area contributed by atoms with E-state index in [9.17, 15) is 9.59 Å². The zero-order valence-corrected chi connectivity index (χ0v) is 9.30. The fourth-order valence-electron chi connectivity index (χ4n) is 1.24. The van der Waals surface area contributed by atoms with Crippen LogP contribution in [0.5, 0.6) is 0 Å². The standard InChI is InChI=1S/C8H13BrN2O2/c1-5(9)7(12)10-6-3-4-11(2)8(6)13/h5-6H,3-4H2,1-2H3,(H,10,12). The molecule has 1 rings (SSSR count). The third kappa shape index (κ3) is 2.43. The number of amides is 2. The van der Waals surface area contributed by atoms with Gasteiger partial charge in [-0.2, -0.15) is 0 Å². The predicted molar refractivity (Wildman–Crippen MR) is 52.6 cm³/mol. The van der Waals surface area contributed by atoms with E-state index in [2.05, 4.69) is 21.2 Å². The summed E-state index contributed by atoms with van der Waals surface area (Å²) in [5, 5.41) is 2.68. The van der Waals surface area contributed by atoms with Gasteiger partial charge in [-0.05, 0) is 13.3 Å². The number of nitrogens with zero attached hydrogens (tertiary/aromatic N) is 1. The van der Waals surface area contributed by atoms with Crippen LogP contribution in [-0.2, 0) is 9.59 Å². The second-order valence-corrected chi connectivity index (χ2v) is 4.60. The van der Waals surface area contributed by atoms with Gasteiger partial charge in [0.2, 0.25) is 11.8 Å². The van der Waals surface area contributed by atoms with E-state index >= 15 is 0 Å². The molecule has 0 saturated carbocycles. The molecule has 0 radical (unpaired) electrons. The number of carbonyl (C=O) groups excluding carboxylic acids is 2. The first-order chi connectivity index (χ1) is 6.02. The van der Waals surface area contributed by atoms with Gasteiger partial charge in [-0.15, -0.1) is 0 Å². The lowest BCUT2D eigenvalue weighted by Gasteiger charge is -2.12. The van der Waals surface area contributed by atoms with Crippen LogP contribution >= 0.6 is 15.9 Å². The number of halogens is 1. The molecule has 1 saturated heterocycles. The Labute approximate surface area is 85.8 Å². The molecule has 2 atom stereocenters. The van der Waals surface area contributed by atoms with Crippen molar-refractivity contribution in [2.24, 2.45) is 0 Å². The molecule has 1 aliphatic rings. The van der Waals surface area contributed by atoms with E-state index in [1.54, 1.807) is 18.9 Å². The van der Waals surface area contributed by atoms with Gasteiger partial charge in [0.25, 0.3) is 0 Å². The summed E-state index contributed by atoms with van der Waals surface area (Å²) in [6.07, 6.45) is 0.709. The first kappa shape index (κ1) is 10.5. The van der Waals surface area contributed by atoms with E-state index in [0.717, 1.165) is 6.54 Å². The highest BCUT2D eigenvalue weighted by Crippen LogP contribution is 2.09. The number of rotatable bonds is 2. The van der Waals surface area contributed by atoms with Crippen LogP contribution in [0.1, 0.15) is 13.3 Å². The van der Waals surface area contributed by atoms with Crippen molar-refractivity contribution in [1.29, 1.82) is 0 Å². The van der Waals surface area contributed by atoms with Gasteiger partial charge in [-0.3, -0.25) is 9.59 Å². The summed E-state index contributed by atoms with van der Waals surface area (Å²) in [5.74, 6) is -0.129. The molecule has 4 nitrogen and oxygen atoms in total. The number of likely N-dealkylation sites (tertiary alicyclic amines) is 1. The van der Waals surface area contributed by atoms with Gasteiger partial charge in [0, 0.05) is 13.6 Å². The van der Waals surface area contributed by atoms with Gasteiger partial charge in [-0.25, -0.2) is 0 Å². The van der Waals surface area contributed by atoms with Crippen LogP contribution < -0.4 is 5.32 Å². The molecule has 1 aliphatic heterocycles. The summed E-state index contributed by atoms with van der Waals surface area (Å²) in [5.41, 5.74) is 0. The summed E-state index contributed by atoms with van der Waals surface area (Å²) in [6.45, 7) is 2.46. The Morgan fingerprint density at radius 1 is 1.77 bits per heavy atom. The van der Waals surface area contributed by atoms with Crippen molar-refractivity contribution in [2.45, 2.75) is 24.2 Å². The number of likely N-dealkylation sites (N-methyl/N-ethyl adjacent to an activating group) is 1. The third-order valence-electron chi connectivity index (χ3n) is 2.11. The average Bonchev–Trinajstić information content (AvgIpc) is 2.36. The summed E-state index contributed by atoms with van der Waals surface area (Å²) in [7, 11) is 1.74. The highest BCUT2D eigenvalue weighted by Gasteiger charge is 2.30. The smallest absolute Gasteiger partial charge is 0.244 e. The van der Waals surface area contributed by atoms with Gasteiger partial charge in [0.05, 0.1) is 4.83 Å². The van der Waals surface area contributed by atoms with Crippen LogP contribution in [0.25, 0.3) is 0 Å².